The molecular weight excluding hydrogens is 270 g/mol. The standard InChI is InChI=1S/C15H13N3O3/c1-2-5-11-13-9(15(19)20)8-12(17-14(13)21-18-11)10-6-3-4-7-16-10/h3-4,6-8H,2,5H2,1H3,(H,19,20). The molecule has 0 aromatic carbocycles. The minimum Gasteiger partial charge on any atom is -0.478 e. The fraction of sp³-hybridized carbons (Fsp3) is 0.200. The minimum absolute atomic E-state index is 0.144. The lowest BCUT2D eigenvalue weighted by Crippen LogP contribution is -2.01. The Morgan fingerprint density at radius 2 is 2.19 bits per heavy atom. The van der Waals surface area contributed by atoms with Crippen molar-refractivity contribution in [2.24, 2.45) is 0 Å². The van der Waals surface area contributed by atoms with Gasteiger partial charge in [0, 0.05) is 6.20 Å². The fourth-order valence-electron chi connectivity index (χ4n) is 2.23. The highest BCUT2D eigenvalue weighted by atomic mass is 16.5. The van der Waals surface area contributed by atoms with Crippen molar-refractivity contribution < 1.29 is 14.4 Å². The SMILES string of the molecule is CCCc1noc2nc(-c3ccccn3)cc(C(=O)O)c12. The van der Waals surface area contributed by atoms with Gasteiger partial charge >= 0.3 is 5.97 Å². The van der Waals surface area contributed by atoms with Gasteiger partial charge in [-0.2, -0.15) is 0 Å². The highest BCUT2D eigenvalue weighted by Gasteiger charge is 2.20. The van der Waals surface area contributed by atoms with Crippen LogP contribution < -0.4 is 0 Å². The van der Waals surface area contributed by atoms with Crippen LogP contribution in [-0.2, 0) is 6.42 Å². The Morgan fingerprint density at radius 3 is 2.86 bits per heavy atom. The normalized spacial score (nSPS) is 10.9. The van der Waals surface area contributed by atoms with Gasteiger partial charge in [-0.05, 0) is 24.6 Å². The Labute approximate surface area is 120 Å². The predicted octanol–water partition coefficient (Wildman–Crippen LogP) is 2.94. The number of fused-ring (bicyclic) bond motifs is 1. The maximum atomic E-state index is 11.5. The molecule has 21 heavy (non-hydrogen) atoms. The minimum atomic E-state index is -1.03. The third kappa shape index (κ3) is 2.35. The number of pyridine rings is 2. The summed E-state index contributed by atoms with van der Waals surface area (Å²) in [7, 11) is 0. The topological polar surface area (TPSA) is 89.1 Å². The summed E-state index contributed by atoms with van der Waals surface area (Å²) >= 11 is 0. The van der Waals surface area contributed by atoms with E-state index in [0.29, 0.717) is 28.9 Å². The van der Waals surface area contributed by atoms with Crippen molar-refractivity contribution in [3.05, 3.63) is 41.7 Å². The van der Waals surface area contributed by atoms with Gasteiger partial charge in [0.25, 0.3) is 5.71 Å². The lowest BCUT2D eigenvalue weighted by atomic mass is 10.1. The molecule has 0 atom stereocenters. The summed E-state index contributed by atoms with van der Waals surface area (Å²) in [5.41, 5.74) is 2.06. The molecule has 0 radical (unpaired) electrons. The first-order valence-corrected chi connectivity index (χ1v) is 6.64. The summed E-state index contributed by atoms with van der Waals surface area (Å²) in [4.78, 5) is 20.1. The van der Waals surface area contributed by atoms with Crippen LogP contribution in [-0.4, -0.2) is 26.2 Å². The van der Waals surface area contributed by atoms with Crippen LogP contribution in [0, 0.1) is 0 Å². The first-order chi connectivity index (χ1) is 10.2. The van der Waals surface area contributed by atoms with E-state index in [1.165, 1.54) is 6.07 Å². The van der Waals surface area contributed by atoms with E-state index in [0.717, 1.165) is 6.42 Å². The van der Waals surface area contributed by atoms with Crippen molar-refractivity contribution >= 4 is 17.1 Å². The van der Waals surface area contributed by atoms with E-state index in [1.54, 1.807) is 18.3 Å². The second-order valence-corrected chi connectivity index (χ2v) is 4.63. The molecule has 0 aliphatic carbocycles. The van der Waals surface area contributed by atoms with Crippen LogP contribution in [0.3, 0.4) is 0 Å². The Kier molecular flexibility index (Phi) is 3.35. The van der Waals surface area contributed by atoms with Gasteiger partial charge in [0.1, 0.15) is 0 Å². The molecule has 0 saturated carbocycles. The average Bonchev–Trinajstić information content (AvgIpc) is 2.91. The number of carboxylic acid groups (broad SMARTS) is 1. The van der Waals surface area contributed by atoms with Crippen LogP contribution in [0.15, 0.2) is 35.0 Å². The molecule has 0 spiro atoms. The number of carboxylic acids is 1. The van der Waals surface area contributed by atoms with Gasteiger partial charge < -0.3 is 9.63 Å². The molecule has 0 unspecified atom stereocenters. The largest absolute Gasteiger partial charge is 0.478 e. The summed E-state index contributed by atoms with van der Waals surface area (Å²) in [5, 5.41) is 13.9. The number of rotatable bonds is 4. The molecular formula is C15H13N3O3. The van der Waals surface area contributed by atoms with Gasteiger partial charge in [-0.1, -0.05) is 24.6 Å². The van der Waals surface area contributed by atoms with Crippen molar-refractivity contribution in [3.63, 3.8) is 0 Å². The van der Waals surface area contributed by atoms with E-state index in [2.05, 4.69) is 15.1 Å². The van der Waals surface area contributed by atoms with Gasteiger partial charge in [-0.25, -0.2) is 9.78 Å². The summed E-state index contributed by atoms with van der Waals surface area (Å²) in [6.07, 6.45) is 3.13. The second kappa shape index (κ2) is 5.32. The molecule has 106 valence electrons. The fourth-order valence-corrected chi connectivity index (χ4v) is 2.23. The molecule has 0 amide bonds. The molecule has 6 heteroatoms. The van der Waals surface area contributed by atoms with Crippen LogP contribution in [0.5, 0.6) is 0 Å². The Morgan fingerprint density at radius 1 is 1.33 bits per heavy atom. The Bertz CT molecular complexity index is 797. The van der Waals surface area contributed by atoms with Crippen molar-refractivity contribution in [2.45, 2.75) is 19.8 Å². The highest BCUT2D eigenvalue weighted by molar-refractivity contribution is 6.03. The number of hydrogen-bond donors (Lipinski definition) is 1. The third-order valence-corrected chi connectivity index (χ3v) is 3.16. The summed E-state index contributed by atoms with van der Waals surface area (Å²) < 4.78 is 5.20. The maximum Gasteiger partial charge on any atom is 0.336 e. The quantitative estimate of drug-likeness (QED) is 0.791. The zero-order chi connectivity index (χ0) is 14.8. The van der Waals surface area contributed by atoms with Crippen LogP contribution in [0.25, 0.3) is 22.5 Å². The van der Waals surface area contributed by atoms with Crippen LogP contribution in [0.4, 0.5) is 0 Å². The smallest absolute Gasteiger partial charge is 0.336 e. The van der Waals surface area contributed by atoms with Gasteiger partial charge in [0.15, 0.2) is 0 Å². The number of aromatic carboxylic acids is 1. The third-order valence-electron chi connectivity index (χ3n) is 3.16. The Hall–Kier alpha value is -2.76. The predicted molar refractivity (Wildman–Crippen MR) is 76.0 cm³/mol. The van der Waals surface area contributed by atoms with E-state index in [1.807, 2.05) is 13.0 Å². The van der Waals surface area contributed by atoms with Crippen LogP contribution in [0.1, 0.15) is 29.4 Å². The molecule has 3 rings (SSSR count). The molecule has 0 fully saturated rings. The Balaban J connectivity index is 2.25. The zero-order valence-electron chi connectivity index (χ0n) is 11.4. The second-order valence-electron chi connectivity index (χ2n) is 4.63. The van der Waals surface area contributed by atoms with Crippen LogP contribution in [0.2, 0.25) is 0 Å². The zero-order valence-corrected chi connectivity index (χ0v) is 11.4. The summed E-state index contributed by atoms with van der Waals surface area (Å²) in [6.45, 7) is 2.00. The van der Waals surface area contributed by atoms with E-state index < -0.39 is 5.97 Å². The van der Waals surface area contributed by atoms with Crippen molar-refractivity contribution in [1.82, 2.24) is 15.1 Å². The molecule has 0 bridgehead atoms. The summed E-state index contributed by atoms with van der Waals surface area (Å²) in [6, 6.07) is 6.89. The monoisotopic (exact) mass is 283 g/mol. The number of aromatic nitrogens is 3. The maximum absolute atomic E-state index is 11.5. The molecule has 3 aromatic heterocycles. The average molecular weight is 283 g/mol. The van der Waals surface area contributed by atoms with Gasteiger partial charge in [-0.3, -0.25) is 4.98 Å². The first kappa shape index (κ1) is 13.2. The number of carbonyl (C=O) groups is 1. The van der Waals surface area contributed by atoms with Gasteiger partial charge in [-0.15, -0.1) is 0 Å². The van der Waals surface area contributed by atoms with Crippen molar-refractivity contribution in [3.8, 4) is 11.4 Å². The van der Waals surface area contributed by atoms with Crippen molar-refractivity contribution in [1.29, 1.82) is 0 Å². The highest BCUT2D eigenvalue weighted by Crippen LogP contribution is 2.27. The molecule has 0 aliphatic rings. The molecule has 1 N–H and O–H groups in total. The molecule has 0 aliphatic heterocycles. The summed E-state index contributed by atoms with van der Waals surface area (Å²) in [5.74, 6) is -1.03. The van der Waals surface area contributed by atoms with E-state index in [-0.39, 0.29) is 11.3 Å². The van der Waals surface area contributed by atoms with Crippen molar-refractivity contribution in [2.75, 3.05) is 0 Å². The molecule has 6 nitrogen and oxygen atoms in total. The molecule has 0 saturated heterocycles. The lowest BCUT2D eigenvalue weighted by Gasteiger charge is -2.03. The molecule has 3 heterocycles. The van der Waals surface area contributed by atoms with Gasteiger partial charge in [0.05, 0.1) is 28.0 Å². The van der Waals surface area contributed by atoms with E-state index in [4.69, 9.17) is 4.52 Å². The van der Waals surface area contributed by atoms with Gasteiger partial charge in [0.2, 0.25) is 0 Å². The lowest BCUT2D eigenvalue weighted by molar-refractivity contribution is 0.0699. The number of nitrogens with zero attached hydrogens (tertiary/aromatic N) is 3. The number of aryl methyl sites for hydroxylation is 1. The van der Waals surface area contributed by atoms with Crippen LogP contribution >= 0.6 is 0 Å². The first-order valence-electron chi connectivity index (χ1n) is 6.64. The van der Waals surface area contributed by atoms with E-state index >= 15 is 0 Å². The van der Waals surface area contributed by atoms with E-state index in [9.17, 15) is 9.90 Å². The molecule has 3 aromatic rings. The number of hydrogen-bond acceptors (Lipinski definition) is 5.